The summed E-state index contributed by atoms with van der Waals surface area (Å²) in [6.07, 6.45) is 2.91. The number of hydrogen-bond donors (Lipinski definition) is 1. The van der Waals surface area contributed by atoms with Gasteiger partial charge in [0, 0.05) is 69.6 Å². The minimum atomic E-state index is -3.85. The van der Waals surface area contributed by atoms with Gasteiger partial charge in [-0.3, -0.25) is 14.5 Å². The van der Waals surface area contributed by atoms with E-state index >= 15 is 0 Å². The summed E-state index contributed by atoms with van der Waals surface area (Å²) in [6, 6.07) is 19.0. The molecule has 45 heavy (non-hydrogen) atoms. The maximum absolute atomic E-state index is 13.7. The molecule has 3 aromatic carbocycles. The Bertz CT molecular complexity index is 1870. The van der Waals surface area contributed by atoms with Crippen molar-refractivity contribution in [1.82, 2.24) is 19.1 Å². The minimum absolute atomic E-state index is 0.00119. The first-order valence-corrected chi connectivity index (χ1v) is 16.9. The molecule has 9 nitrogen and oxygen atoms in total. The lowest BCUT2D eigenvalue weighted by atomic mass is 10.0. The first-order chi connectivity index (χ1) is 21.7. The fourth-order valence-corrected chi connectivity index (χ4v) is 7.71. The van der Waals surface area contributed by atoms with Gasteiger partial charge >= 0.3 is 0 Å². The Hall–Kier alpha value is -4.06. The molecule has 1 fully saturated rings. The van der Waals surface area contributed by atoms with E-state index in [4.69, 9.17) is 0 Å². The molecule has 0 atom stereocenters. The third-order valence-electron chi connectivity index (χ3n) is 8.87. The SMILES string of the molecule is CCn1cc(C(=O)NCCCN2CCN(c3ccc(F)cc3)CC2)c(=O)c2cc(S(=O)(=O)N3CCc4ccccc4C3)ccc21. The Morgan fingerprint density at radius 3 is 2.40 bits per heavy atom. The molecular weight excluding hydrogens is 593 g/mol. The summed E-state index contributed by atoms with van der Waals surface area (Å²) in [5, 5.41) is 3.10. The van der Waals surface area contributed by atoms with Crippen molar-refractivity contribution in [1.29, 1.82) is 0 Å². The molecule has 1 N–H and O–H groups in total. The lowest BCUT2D eigenvalue weighted by Crippen LogP contribution is -2.47. The second-order valence-corrected chi connectivity index (χ2v) is 13.5. The number of anilines is 1. The van der Waals surface area contributed by atoms with Crippen LogP contribution in [-0.4, -0.2) is 73.9 Å². The fourth-order valence-electron chi connectivity index (χ4n) is 6.27. The Kier molecular flexibility index (Phi) is 9.02. The molecule has 4 aromatic rings. The number of aromatic nitrogens is 1. The van der Waals surface area contributed by atoms with Crippen molar-refractivity contribution in [2.45, 2.75) is 37.8 Å². The number of aryl methyl sites for hydroxylation is 1. The average molecular weight is 632 g/mol. The highest BCUT2D eigenvalue weighted by molar-refractivity contribution is 7.89. The van der Waals surface area contributed by atoms with Crippen molar-refractivity contribution >= 4 is 32.5 Å². The van der Waals surface area contributed by atoms with Gasteiger partial charge in [-0.1, -0.05) is 24.3 Å². The predicted octanol–water partition coefficient (Wildman–Crippen LogP) is 3.85. The minimum Gasteiger partial charge on any atom is -0.369 e. The third-order valence-corrected chi connectivity index (χ3v) is 10.7. The van der Waals surface area contributed by atoms with Gasteiger partial charge in [-0.15, -0.1) is 0 Å². The van der Waals surface area contributed by atoms with Gasteiger partial charge in [-0.25, -0.2) is 12.8 Å². The van der Waals surface area contributed by atoms with Gasteiger partial charge in [0.1, 0.15) is 11.4 Å². The third kappa shape index (κ3) is 6.51. The molecule has 0 unspecified atom stereocenters. The molecule has 0 bridgehead atoms. The second-order valence-electron chi connectivity index (χ2n) is 11.6. The molecule has 0 spiro atoms. The van der Waals surface area contributed by atoms with E-state index < -0.39 is 21.4 Å². The number of carbonyl (C=O) groups is 1. The highest BCUT2D eigenvalue weighted by Crippen LogP contribution is 2.27. The van der Waals surface area contributed by atoms with E-state index in [2.05, 4.69) is 15.1 Å². The summed E-state index contributed by atoms with van der Waals surface area (Å²) in [7, 11) is -3.85. The maximum Gasteiger partial charge on any atom is 0.256 e. The van der Waals surface area contributed by atoms with Crippen molar-refractivity contribution in [2.75, 3.05) is 50.7 Å². The van der Waals surface area contributed by atoms with E-state index in [1.807, 2.05) is 31.2 Å². The van der Waals surface area contributed by atoms with Gasteiger partial charge in [0.2, 0.25) is 15.5 Å². The predicted molar refractivity (Wildman–Crippen MR) is 174 cm³/mol. The fraction of sp³-hybridized carbons (Fsp3) is 0.353. The number of nitrogens with one attached hydrogen (secondary N) is 1. The van der Waals surface area contributed by atoms with E-state index in [0.717, 1.165) is 56.0 Å². The molecule has 0 saturated carbocycles. The van der Waals surface area contributed by atoms with Crippen LogP contribution >= 0.6 is 0 Å². The molecule has 6 rings (SSSR count). The molecule has 2 aliphatic heterocycles. The van der Waals surface area contributed by atoms with Crippen LogP contribution in [-0.2, 0) is 29.5 Å². The number of pyridine rings is 1. The summed E-state index contributed by atoms with van der Waals surface area (Å²) >= 11 is 0. The van der Waals surface area contributed by atoms with Crippen molar-refractivity contribution in [3.63, 3.8) is 0 Å². The van der Waals surface area contributed by atoms with Crippen molar-refractivity contribution in [2.24, 2.45) is 0 Å². The van der Waals surface area contributed by atoms with E-state index in [-0.39, 0.29) is 28.2 Å². The zero-order valence-corrected chi connectivity index (χ0v) is 26.2. The number of piperazine rings is 1. The largest absolute Gasteiger partial charge is 0.369 e. The van der Waals surface area contributed by atoms with Crippen LogP contribution in [0, 0.1) is 5.82 Å². The van der Waals surface area contributed by atoms with Gasteiger partial charge in [-0.2, -0.15) is 4.31 Å². The summed E-state index contributed by atoms with van der Waals surface area (Å²) in [5.41, 5.74) is 3.24. The summed E-state index contributed by atoms with van der Waals surface area (Å²) < 4.78 is 43.8. The second kappa shape index (κ2) is 13.1. The van der Waals surface area contributed by atoms with Crippen LogP contribution in [0.25, 0.3) is 10.9 Å². The molecule has 0 radical (unpaired) electrons. The zero-order valence-electron chi connectivity index (χ0n) is 25.4. The monoisotopic (exact) mass is 631 g/mol. The summed E-state index contributed by atoms with van der Waals surface area (Å²) in [6.45, 7) is 7.70. The summed E-state index contributed by atoms with van der Waals surface area (Å²) in [5.74, 6) is -0.708. The average Bonchev–Trinajstić information content (AvgIpc) is 3.07. The molecule has 2 aliphatic rings. The van der Waals surface area contributed by atoms with Crippen LogP contribution in [0.5, 0.6) is 0 Å². The highest BCUT2D eigenvalue weighted by Gasteiger charge is 2.29. The molecule has 1 saturated heterocycles. The molecule has 3 heterocycles. The van der Waals surface area contributed by atoms with Gasteiger partial charge in [-0.05, 0) is 79.9 Å². The smallest absolute Gasteiger partial charge is 0.256 e. The van der Waals surface area contributed by atoms with Crippen molar-refractivity contribution < 1.29 is 17.6 Å². The molecule has 11 heteroatoms. The van der Waals surface area contributed by atoms with Crippen LogP contribution in [0.1, 0.15) is 34.8 Å². The van der Waals surface area contributed by atoms with Crippen molar-refractivity contribution in [3.8, 4) is 0 Å². The Morgan fingerprint density at radius 2 is 1.67 bits per heavy atom. The van der Waals surface area contributed by atoms with E-state index in [9.17, 15) is 22.4 Å². The number of amides is 1. The van der Waals surface area contributed by atoms with E-state index in [1.165, 1.54) is 22.5 Å². The maximum atomic E-state index is 13.7. The van der Waals surface area contributed by atoms with Crippen LogP contribution in [0.2, 0.25) is 0 Å². The number of hydrogen-bond acceptors (Lipinski definition) is 6. The molecule has 1 amide bonds. The Labute approximate surface area is 262 Å². The normalized spacial score (nSPS) is 16.1. The first kappa shape index (κ1) is 30.9. The molecular formula is C34H38FN5O4S. The summed E-state index contributed by atoms with van der Waals surface area (Å²) in [4.78, 5) is 31.4. The standard InChI is InChI=1S/C34H38FN5O4S/c1-2-38-24-31(34(42)36-15-5-16-37-18-20-39(21-19-37)28-10-8-27(35)9-11-28)33(41)30-22-29(12-13-32(30)38)45(43,44)40-17-14-25-6-3-4-7-26(25)23-40/h3-4,6-13,22,24H,2,5,14-21,23H2,1H3,(H,36,42). The number of rotatable bonds is 9. The number of fused-ring (bicyclic) bond motifs is 2. The number of sulfonamides is 1. The molecule has 236 valence electrons. The van der Waals surface area contributed by atoms with Gasteiger partial charge in [0.05, 0.1) is 10.4 Å². The zero-order chi connectivity index (χ0) is 31.6. The van der Waals surface area contributed by atoms with Crippen LogP contribution < -0.4 is 15.6 Å². The number of halogens is 1. The lowest BCUT2D eigenvalue weighted by molar-refractivity contribution is 0.0950. The topological polar surface area (TPSA) is 95.0 Å². The van der Waals surface area contributed by atoms with Crippen LogP contribution in [0.15, 0.2) is 82.6 Å². The lowest BCUT2D eigenvalue weighted by Gasteiger charge is -2.36. The van der Waals surface area contributed by atoms with E-state index in [0.29, 0.717) is 31.6 Å². The number of nitrogens with zero attached hydrogens (tertiary/aromatic N) is 4. The highest BCUT2D eigenvalue weighted by atomic mass is 32.2. The van der Waals surface area contributed by atoms with Crippen LogP contribution in [0.3, 0.4) is 0 Å². The molecule has 1 aromatic heterocycles. The number of benzene rings is 3. The van der Waals surface area contributed by atoms with Crippen LogP contribution in [0.4, 0.5) is 10.1 Å². The first-order valence-electron chi connectivity index (χ1n) is 15.5. The van der Waals surface area contributed by atoms with Gasteiger partial charge in [0.15, 0.2) is 0 Å². The van der Waals surface area contributed by atoms with Gasteiger partial charge < -0.3 is 14.8 Å². The molecule has 0 aliphatic carbocycles. The van der Waals surface area contributed by atoms with E-state index in [1.54, 1.807) is 35.0 Å². The number of carbonyl (C=O) groups excluding carboxylic acids is 1. The quantitative estimate of drug-likeness (QED) is 0.282. The van der Waals surface area contributed by atoms with Gasteiger partial charge in [0.25, 0.3) is 5.91 Å². The Morgan fingerprint density at radius 1 is 0.933 bits per heavy atom. The van der Waals surface area contributed by atoms with Crippen molar-refractivity contribution in [3.05, 3.63) is 106 Å². The Balaban J connectivity index is 1.10.